The molecule has 1 aliphatic rings. The van der Waals surface area contributed by atoms with Gasteiger partial charge in [0.25, 0.3) is 0 Å². The number of hydrogen-bond donors (Lipinski definition) is 2. The number of halogens is 2. The molecule has 0 bridgehead atoms. The fourth-order valence-corrected chi connectivity index (χ4v) is 4.64. The number of rotatable bonds is 4. The maximum absolute atomic E-state index is 13.3. The molecule has 0 spiro atoms. The second kappa shape index (κ2) is 7.25. The van der Waals surface area contributed by atoms with Gasteiger partial charge in [-0.2, -0.15) is 0 Å². The number of benzene rings is 1. The van der Waals surface area contributed by atoms with E-state index >= 15 is 0 Å². The highest BCUT2D eigenvalue weighted by Gasteiger charge is 2.40. The van der Waals surface area contributed by atoms with Crippen molar-refractivity contribution in [3.8, 4) is 0 Å². The summed E-state index contributed by atoms with van der Waals surface area (Å²) in [5, 5.41) is 0. The van der Waals surface area contributed by atoms with Crippen LogP contribution in [0.25, 0.3) is 0 Å². The molecule has 2 unspecified atom stereocenters. The molecule has 0 aliphatic heterocycles. The number of aryl methyl sites for hydroxylation is 1. The first-order valence-electron chi connectivity index (χ1n) is 7.31. The van der Waals surface area contributed by atoms with Crippen LogP contribution in [0.5, 0.6) is 0 Å². The Morgan fingerprint density at radius 2 is 2.09 bits per heavy atom. The predicted octanol–water partition coefficient (Wildman–Crippen LogP) is 2.74. The van der Waals surface area contributed by atoms with Gasteiger partial charge in [0, 0.05) is 12.1 Å². The van der Waals surface area contributed by atoms with Gasteiger partial charge in [0.1, 0.15) is 5.82 Å². The zero-order valence-electron chi connectivity index (χ0n) is 12.9. The fourth-order valence-electron chi connectivity index (χ4n) is 3.02. The van der Waals surface area contributed by atoms with Gasteiger partial charge < -0.3 is 5.73 Å². The maximum Gasteiger partial charge on any atom is 0.241 e. The molecule has 0 aromatic heterocycles. The average Bonchev–Trinajstić information content (AvgIpc) is 2.44. The van der Waals surface area contributed by atoms with E-state index in [0.29, 0.717) is 5.56 Å². The highest BCUT2D eigenvalue weighted by Crippen LogP contribution is 2.34. The van der Waals surface area contributed by atoms with E-state index in [-0.39, 0.29) is 29.8 Å². The van der Waals surface area contributed by atoms with E-state index in [1.807, 2.05) is 6.92 Å². The van der Waals surface area contributed by atoms with Crippen LogP contribution in [0.1, 0.15) is 38.2 Å². The van der Waals surface area contributed by atoms with Gasteiger partial charge in [-0.1, -0.05) is 19.8 Å². The SMILES string of the molecule is Cc1cc(S(=O)(=O)NC2(CN)CCCCC2C)ccc1F.Cl. The molecule has 1 aromatic carbocycles. The van der Waals surface area contributed by atoms with Crippen molar-refractivity contribution >= 4 is 22.4 Å². The lowest BCUT2D eigenvalue weighted by Crippen LogP contribution is -2.58. The summed E-state index contributed by atoms with van der Waals surface area (Å²) in [6.45, 7) is 3.86. The molecule has 4 nitrogen and oxygen atoms in total. The monoisotopic (exact) mass is 350 g/mol. The minimum atomic E-state index is -3.70. The van der Waals surface area contributed by atoms with E-state index in [2.05, 4.69) is 4.72 Å². The Morgan fingerprint density at radius 3 is 2.64 bits per heavy atom. The van der Waals surface area contributed by atoms with Crippen LogP contribution < -0.4 is 10.5 Å². The van der Waals surface area contributed by atoms with E-state index in [4.69, 9.17) is 5.73 Å². The van der Waals surface area contributed by atoms with Crippen LogP contribution in [0.15, 0.2) is 23.1 Å². The average molecular weight is 351 g/mol. The first kappa shape index (κ1) is 19.4. The summed E-state index contributed by atoms with van der Waals surface area (Å²) >= 11 is 0. The van der Waals surface area contributed by atoms with E-state index in [1.54, 1.807) is 6.92 Å². The van der Waals surface area contributed by atoms with Crippen LogP contribution in [0.4, 0.5) is 4.39 Å². The molecule has 0 radical (unpaired) electrons. The van der Waals surface area contributed by atoms with Crippen molar-refractivity contribution in [2.24, 2.45) is 11.7 Å². The topological polar surface area (TPSA) is 72.2 Å². The Labute approximate surface area is 138 Å². The van der Waals surface area contributed by atoms with Crippen molar-refractivity contribution < 1.29 is 12.8 Å². The number of sulfonamides is 1. The molecule has 0 amide bonds. The van der Waals surface area contributed by atoms with Crippen molar-refractivity contribution in [3.05, 3.63) is 29.6 Å². The first-order valence-corrected chi connectivity index (χ1v) is 8.79. The van der Waals surface area contributed by atoms with Crippen LogP contribution in [0, 0.1) is 18.7 Å². The Hall–Kier alpha value is -0.690. The quantitative estimate of drug-likeness (QED) is 0.877. The molecule has 1 aliphatic carbocycles. The molecular formula is C15H24ClFN2O2S. The molecule has 0 saturated heterocycles. The van der Waals surface area contributed by atoms with Gasteiger partial charge in [0.05, 0.1) is 4.90 Å². The van der Waals surface area contributed by atoms with Crippen molar-refractivity contribution in [1.82, 2.24) is 4.72 Å². The molecule has 126 valence electrons. The predicted molar refractivity (Wildman–Crippen MR) is 88.1 cm³/mol. The van der Waals surface area contributed by atoms with Crippen LogP contribution >= 0.6 is 12.4 Å². The summed E-state index contributed by atoms with van der Waals surface area (Å²) in [4.78, 5) is 0.0898. The lowest BCUT2D eigenvalue weighted by molar-refractivity contribution is 0.191. The molecule has 0 heterocycles. The molecule has 1 saturated carbocycles. The summed E-state index contributed by atoms with van der Waals surface area (Å²) in [7, 11) is -3.70. The van der Waals surface area contributed by atoms with Crippen molar-refractivity contribution in [3.63, 3.8) is 0 Å². The normalized spacial score (nSPS) is 25.5. The minimum absolute atomic E-state index is 0. The molecule has 2 rings (SSSR count). The third kappa shape index (κ3) is 3.79. The number of nitrogens with two attached hydrogens (primary N) is 1. The smallest absolute Gasteiger partial charge is 0.241 e. The summed E-state index contributed by atoms with van der Waals surface area (Å²) in [6, 6.07) is 3.83. The Balaban J connectivity index is 0.00000242. The Bertz CT molecular complexity index is 624. The van der Waals surface area contributed by atoms with Gasteiger partial charge in [0.2, 0.25) is 10.0 Å². The van der Waals surface area contributed by atoms with Gasteiger partial charge in [-0.15, -0.1) is 12.4 Å². The van der Waals surface area contributed by atoms with Gasteiger partial charge in [0.15, 0.2) is 0 Å². The summed E-state index contributed by atoms with van der Waals surface area (Å²) in [6.07, 6.45) is 3.76. The zero-order chi connectivity index (χ0) is 15.7. The standard InChI is InChI=1S/C15H23FN2O2S.ClH/c1-11-9-13(6-7-14(11)16)21(19,20)18-15(10-17)8-4-3-5-12(15)2;/h6-7,9,12,18H,3-5,8,10,17H2,1-2H3;1H. The second-order valence-corrected chi connectivity index (χ2v) is 7.71. The second-order valence-electron chi connectivity index (χ2n) is 6.02. The van der Waals surface area contributed by atoms with Gasteiger partial charge >= 0.3 is 0 Å². The van der Waals surface area contributed by atoms with Crippen molar-refractivity contribution in [2.75, 3.05) is 6.54 Å². The molecule has 2 atom stereocenters. The van der Waals surface area contributed by atoms with Crippen LogP contribution in [0.3, 0.4) is 0 Å². The number of nitrogens with one attached hydrogen (secondary N) is 1. The van der Waals surface area contributed by atoms with Crippen molar-refractivity contribution in [2.45, 2.75) is 50.0 Å². The largest absolute Gasteiger partial charge is 0.329 e. The molecule has 1 aromatic rings. The third-order valence-corrected chi connectivity index (χ3v) is 6.14. The molecule has 3 N–H and O–H groups in total. The van der Waals surface area contributed by atoms with Crippen LogP contribution in [-0.2, 0) is 10.0 Å². The molecule has 22 heavy (non-hydrogen) atoms. The lowest BCUT2D eigenvalue weighted by atomic mass is 9.74. The fraction of sp³-hybridized carbons (Fsp3) is 0.600. The molecule has 7 heteroatoms. The highest BCUT2D eigenvalue weighted by molar-refractivity contribution is 7.89. The van der Waals surface area contributed by atoms with Gasteiger partial charge in [-0.05, 0) is 49.4 Å². The first-order chi connectivity index (χ1) is 9.81. The summed E-state index contributed by atoms with van der Waals surface area (Å²) < 4.78 is 41.3. The zero-order valence-corrected chi connectivity index (χ0v) is 14.6. The van der Waals surface area contributed by atoms with E-state index in [9.17, 15) is 12.8 Å². The number of hydrogen-bond acceptors (Lipinski definition) is 3. The van der Waals surface area contributed by atoms with E-state index < -0.39 is 21.4 Å². The lowest BCUT2D eigenvalue weighted by Gasteiger charge is -2.42. The van der Waals surface area contributed by atoms with Crippen LogP contribution in [0.2, 0.25) is 0 Å². The third-order valence-electron chi connectivity index (χ3n) is 4.59. The van der Waals surface area contributed by atoms with E-state index in [0.717, 1.165) is 25.7 Å². The van der Waals surface area contributed by atoms with Crippen molar-refractivity contribution in [1.29, 1.82) is 0 Å². The summed E-state index contributed by atoms with van der Waals surface area (Å²) in [5.74, 6) is -0.221. The van der Waals surface area contributed by atoms with Gasteiger partial charge in [-0.25, -0.2) is 17.5 Å². The van der Waals surface area contributed by atoms with Crippen LogP contribution in [-0.4, -0.2) is 20.5 Å². The Morgan fingerprint density at radius 1 is 1.41 bits per heavy atom. The van der Waals surface area contributed by atoms with E-state index in [1.165, 1.54) is 18.2 Å². The molecule has 1 fully saturated rings. The Kier molecular flexibility index (Phi) is 6.38. The van der Waals surface area contributed by atoms with Gasteiger partial charge in [-0.3, -0.25) is 0 Å². The molecular weight excluding hydrogens is 327 g/mol. The minimum Gasteiger partial charge on any atom is -0.329 e. The maximum atomic E-state index is 13.3. The highest BCUT2D eigenvalue weighted by atomic mass is 35.5. The summed E-state index contributed by atoms with van der Waals surface area (Å²) in [5.41, 5.74) is 5.60.